The second kappa shape index (κ2) is 5.54. The number of hydrogen-bond donors (Lipinski definition) is 1. The molecule has 0 amide bonds. The van der Waals surface area contributed by atoms with Gasteiger partial charge in [0.1, 0.15) is 11.4 Å². The zero-order chi connectivity index (χ0) is 13.9. The van der Waals surface area contributed by atoms with Crippen LogP contribution in [0.5, 0.6) is 0 Å². The highest BCUT2D eigenvalue weighted by Crippen LogP contribution is 2.23. The molecular formula is C12H18N4O2. The van der Waals surface area contributed by atoms with Gasteiger partial charge in [-0.1, -0.05) is 0 Å². The molecule has 6 heteroatoms. The molecule has 0 aliphatic heterocycles. The van der Waals surface area contributed by atoms with Crippen LogP contribution in [0.25, 0.3) is 0 Å². The van der Waals surface area contributed by atoms with E-state index in [9.17, 15) is 9.90 Å². The van der Waals surface area contributed by atoms with Gasteiger partial charge in [-0.05, 0) is 20.8 Å². The third-order valence-electron chi connectivity index (χ3n) is 2.80. The lowest BCUT2D eigenvalue weighted by atomic mass is 10.1. The Balaban J connectivity index is 3.21. The van der Waals surface area contributed by atoms with Gasteiger partial charge in [-0.2, -0.15) is 10.4 Å². The first-order valence-corrected chi connectivity index (χ1v) is 5.83. The summed E-state index contributed by atoms with van der Waals surface area (Å²) in [6.45, 7) is 6.54. The van der Waals surface area contributed by atoms with Crippen LogP contribution in [0.3, 0.4) is 0 Å². The number of carboxylic acids is 1. The number of nitriles is 1. The van der Waals surface area contributed by atoms with Gasteiger partial charge in [0.05, 0.1) is 17.7 Å². The summed E-state index contributed by atoms with van der Waals surface area (Å²) in [6.07, 6.45) is 0. The van der Waals surface area contributed by atoms with Crippen molar-refractivity contribution in [2.24, 2.45) is 13.0 Å². The Labute approximate surface area is 106 Å². The summed E-state index contributed by atoms with van der Waals surface area (Å²) in [5.74, 6) is -0.593. The molecule has 18 heavy (non-hydrogen) atoms. The Bertz CT molecular complexity index is 487. The van der Waals surface area contributed by atoms with Crippen LogP contribution in [0.2, 0.25) is 0 Å². The zero-order valence-electron chi connectivity index (χ0n) is 11.1. The molecule has 0 aromatic carbocycles. The molecule has 0 fully saturated rings. The second-order valence-corrected chi connectivity index (χ2v) is 4.28. The predicted molar refractivity (Wildman–Crippen MR) is 67.6 cm³/mol. The first kappa shape index (κ1) is 14.0. The molecule has 0 radical (unpaired) electrons. The van der Waals surface area contributed by atoms with Gasteiger partial charge in [-0.3, -0.25) is 4.68 Å². The quantitative estimate of drug-likeness (QED) is 0.854. The molecule has 0 saturated heterocycles. The van der Waals surface area contributed by atoms with Crippen molar-refractivity contribution in [1.82, 2.24) is 9.78 Å². The fourth-order valence-corrected chi connectivity index (χ4v) is 2.00. The number of aromatic nitrogens is 2. The van der Waals surface area contributed by atoms with Gasteiger partial charge < -0.3 is 10.0 Å². The van der Waals surface area contributed by atoms with E-state index in [1.54, 1.807) is 18.7 Å². The number of nitrogens with zero attached hydrogens (tertiary/aromatic N) is 4. The molecule has 0 bridgehead atoms. The highest BCUT2D eigenvalue weighted by Gasteiger charge is 2.24. The standard InChI is InChI=1S/C12H18N4O2/c1-5-16(7-8(2)6-13)11-10(12(17)18)9(3)14-15(11)4/h8H,5,7H2,1-4H3,(H,17,18). The number of aryl methyl sites for hydroxylation is 2. The molecule has 1 rings (SSSR count). The number of hydrogen-bond acceptors (Lipinski definition) is 4. The van der Waals surface area contributed by atoms with E-state index >= 15 is 0 Å². The van der Waals surface area contributed by atoms with Crippen LogP contribution in [0.1, 0.15) is 29.9 Å². The number of rotatable bonds is 5. The first-order valence-electron chi connectivity index (χ1n) is 5.83. The molecule has 1 unspecified atom stereocenters. The minimum atomic E-state index is -0.987. The molecule has 6 nitrogen and oxygen atoms in total. The predicted octanol–water partition coefficient (Wildman–Crippen LogP) is 1.41. The summed E-state index contributed by atoms with van der Waals surface area (Å²) >= 11 is 0. The fourth-order valence-electron chi connectivity index (χ4n) is 2.00. The van der Waals surface area contributed by atoms with Gasteiger partial charge in [0, 0.05) is 20.1 Å². The van der Waals surface area contributed by atoms with Crippen LogP contribution in [0.15, 0.2) is 0 Å². The van der Waals surface area contributed by atoms with Crippen molar-refractivity contribution in [3.63, 3.8) is 0 Å². The number of carbonyl (C=O) groups is 1. The van der Waals surface area contributed by atoms with E-state index in [-0.39, 0.29) is 11.5 Å². The van der Waals surface area contributed by atoms with Gasteiger partial charge in [-0.25, -0.2) is 4.79 Å². The molecule has 0 saturated carbocycles. The van der Waals surface area contributed by atoms with Crippen LogP contribution in [-0.2, 0) is 7.05 Å². The molecule has 1 aromatic heterocycles. The van der Waals surface area contributed by atoms with Crippen molar-refractivity contribution in [2.45, 2.75) is 20.8 Å². The van der Waals surface area contributed by atoms with Crippen LogP contribution >= 0.6 is 0 Å². The van der Waals surface area contributed by atoms with Gasteiger partial charge >= 0.3 is 5.97 Å². The Morgan fingerprint density at radius 3 is 2.72 bits per heavy atom. The fraction of sp³-hybridized carbons (Fsp3) is 0.583. The van der Waals surface area contributed by atoms with E-state index in [0.717, 1.165) is 0 Å². The normalized spacial score (nSPS) is 11.9. The van der Waals surface area contributed by atoms with Gasteiger partial charge in [0.2, 0.25) is 0 Å². The molecule has 98 valence electrons. The van der Waals surface area contributed by atoms with Crippen molar-refractivity contribution in [2.75, 3.05) is 18.0 Å². The van der Waals surface area contributed by atoms with E-state index in [2.05, 4.69) is 11.2 Å². The second-order valence-electron chi connectivity index (χ2n) is 4.28. The average molecular weight is 250 g/mol. The van der Waals surface area contributed by atoms with Crippen molar-refractivity contribution in [3.8, 4) is 6.07 Å². The number of carboxylic acid groups (broad SMARTS) is 1. The first-order chi connectivity index (χ1) is 8.42. The summed E-state index contributed by atoms with van der Waals surface area (Å²) in [5, 5.41) is 22.3. The molecule has 1 N–H and O–H groups in total. The monoisotopic (exact) mass is 250 g/mol. The lowest BCUT2D eigenvalue weighted by molar-refractivity contribution is 0.0696. The van der Waals surface area contributed by atoms with Crippen molar-refractivity contribution in [3.05, 3.63) is 11.3 Å². The summed E-state index contributed by atoms with van der Waals surface area (Å²) in [5.41, 5.74) is 0.701. The Morgan fingerprint density at radius 1 is 1.67 bits per heavy atom. The minimum Gasteiger partial charge on any atom is -0.477 e. The topological polar surface area (TPSA) is 82.2 Å². The van der Waals surface area contributed by atoms with Crippen molar-refractivity contribution >= 4 is 11.8 Å². The Kier molecular flexibility index (Phi) is 4.32. The van der Waals surface area contributed by atoms with E-state index in [4.69, 9.17) is 5.26 Å². The molecular weight excluding hydrogens is 232 g/mol. The van der Waals surface area contributed by atoms with Crippen LogP contribution in [0.4, 0.5) is 5.82 Å². The van der Waals surface area contributed by atoms with Gasteiger partial charge in [-0.15, -0.1) is 0 Å². The van der Waals surface area contributed by atoms with Crippen LogP contribution < -0.4 is 4.90 Å². The summed E-state index contributed by atoms with van der Waals surface area (Å²) < 4.78 is 1.56. The largest absolute Gasteiger partial charge is 0.477 e. The molecule has 1 atom stereocenters. The SMILES string of the molecule is CCN(CC(C)C#N)c1c(C(=O)O)c(C)nn1C. The zero-order valence-corrected chi connectivity index (χ0v) is 11.1. The van der Waals surface area contributed by atoms with Gasteiger partial charge in [0.15, 0.2) is 0 Å². The average Bonchev–Trinajstić information content (AvgIpc) is 2.60. The molecule has 1 aromatic rings. The van der Waals surface area contributed by atoms with E-state index in [1.165, 1.54) is 0 Å². The van der Waals surface area contributed by atoms with E-state index < -0.39 is 5.97 Å². The lowest BCUT2D eigenvalue weighted by Crippen LogP contribution is -2.31. The van der Waals surface area contributed by atoms with Crippen LogP contribution in [0, 0.1) is 24.2 Å². The third kappa shape index (κ3) is 2.62. The maximum atomic E-state index is 11.3. The molecule has 0 aliphatic carbocycles. The molecule has 0 spiro atoms. The maximum absolute atomic E-state index is 11.3. The van der Waals surface area contributed by atoms with E-state index in [1.807, 2.05) is 18.7 Å². The molecule has 0 aliphatic rings. The minimum absolute atomic E-state index is 0.165. The smallest absolute Gasteiger partial charge is 0.341 e. The summed E-state index contributed by atoms with van der Waals surface area (Å²) in [4.78, 5) is 13.2. The summed E-state index contributed by atoms with van der Waals surface area (Å²) in [7, 11) is 1.72. The highest BCUT2D eigenvalue weighted by atomic mass is 16.4. The lowest BCUT2D eigenvalue weighted by Gasteiger charge is -2.24. The molecule has 1 heterocycles. The Hall–Kier alpha value is -2.03. The number of anilines is 1. The van der Waals surface area contributed by atoms with Crippen molar-refractivity contribution in [1.29, 1.82) is 5.26 Å². The van der Waals surface area contributed by atoms with E-state index in [0.29, 0.717) is 24.6 Å². The third-order valence-corrected chi connectivity index (χ3v) is 2.80. The maximum Gasteiger partial charge on any atom is 0.341 e. The van der Waals surface area contributed by atoms with Crippen LogP contribution in [-0.4, -0.2) is 33.9 Å². The number of aromatic carboxylic acids is 1. The summed E-state index contributed by atoms with van der Waals surface area (Å²) in [6, 6.07) is 2.16. The highest BCUT2D eigenvalue weighted by molar-refractivity contribution is 5.94. The van der Waals surface area contributed by atoms with Gasteiger partial charge in [0.25, 0.3) is 0 Å². The Morgan fingerprint density at radius 2 is 2.28 bits per heavy atom. The van der Waals surface area contributed by atoms with Crippen molar-refractivity contribution < 1.29 is 9.90 Å².